The van der Waals surface area contributed by atoms with E-state index in [2.05, 4.69) is 82.3 Å². The fraction of sp³-hybridized carbons (Fsp3) is 0.435. The molecule has 5 rings (SSSR count). The Morgan fingerprint density at radius 3 is 2.14 bits per heavy atom. The summed E-state index contributed by atoms with van der Waals surface area (Å²) in [4.78, 5) is 31.4. The van der Waals surface area contributed by atoms with Crippen molar-refractivity contribution in [2.75, 3.05) is 18.0 Å². The van der Waals surface area contributed by atoms with Crippen molar-refractivity contribution in [3.63, 3.8) is 0 Å². The Bertz CT molecular complexity index is 1340. The number of alkyl carbamates (subject to hydrolysis) is 1. The molecule has 36 heavy (non-hydrogen) atoms. The van der Waals surface area contributed by atoms with Crippen LogP contribution in [0.2, 0.25) is 5.28 Å². The molecule has 4 aromatic rings. The van der Waals surface area contributed by atoms with Crippen LogP contribution in [-0.4, -0.2) is 59.1 Å². The van der Waals surface area contributed by atoms with Crippen LogP contribution in [0.25, 0.3) is 11.3 Å². The molecule has 13 heteroatoms. The summed E-state index contributed by atoms with van der Waals surface area (Å²) >= 11 is 10.2. The summed E-state index contributed by atoms with van der Waals surface area (Å²) in [7, 11) is 0. The summed E-state index contributed by atoms with van der Waals surface area (Å²) in [5, 5.41) is 3.48. The third kappa shape index (κ3) is 6.30. The molecule has 1 aliphatic heterocycles. The first kappa shape index (κ1) is 27.1. The predicted octanol–water partition coefficient (Wildman–Crippen LogP) is 5.20. The van der Waals surface area contributed by atoms with Crippen molar-refractivity contribution < 1.29 is 9.53 Å². The van der Waals surface area contributed by atoms with E-state index >= 15 is 0 Å². The highest BCUT2D eigenvalue weighted by molar-refractivity contribution is 14.1. The first-order valence-electron chi connectivity index (χ1n) is 11.3. The molecule has 1 N–H and O–H groups in total. The van der Waals surface area contributed by atoms with E-state index in [0.29, 0.717) is 5.28 Å². The van der Waals surface area contributed by atoms with Crippen molar-refractivity contribution in [2.24, 2.45) is 0 Å². The molecule has 1 saturated heterocycles. The van der Waals surface area contributed by atoms with Crippen LogP contribution in [0.15, 0.2) is 37.2 Å². The predicted molar refractivity (Wildman–Crippen MR) is 156 cm³/mol. The van der Waals surface area contributed by atoms with Crippen LogP contribution >= 0.6 is 56.8 Å². The van der Waals surface area contributed by atoms with Gasteiger partial charge in [-0.1, -0.05) is 0 Å². The van der Waals surface area contributed by atoms with E-state index in [9.17, 15) is 4.79 Å². The van der Waals surface area contributed by atoms with Gasteiger partial charge in [0.2, 0.25) is 11.2 Å². The zero-order valence-electron chi connectivity index (χ0n) is 20.4. The van der Waals surface area contributed by atoms with Crippen molar-refractivity contribution in [1.82, 2.24) is 34.1 Å². The molecule has 10 nitrogen and oxygen atoms in total. The summed E-state index contributed by atoms with van der Waals surface area (Å²) in [6.45, 7) is 9.31. The van der Waals surface area contributed by atoms with E-state index in [0.717, 1.165) is 50.3 Å². The van der Waals surface area contributed by atoms with Crippen LogP contribution < -0.4 is 10.2 Å². The molecule has 0 atom stereocenters. The minimum Gasteiger partial charge on any atom is -0.444 e. The first-order chi connectivity index (χ1) is 17.0. The average Bonchev–Trinajstić information content (AvgIpc) is 3.48. The maximum atomic E-state index is 12.1. The number of amides is 1. The molecule has 192 valence electrons. The molecule has 0 unspecified atom stereocenters. The molecular weight excluding hydrogens is 710 g/mol. The van der Waals surface area contributed by atoms with Crippen LogP contribution in [0.1, 0.15) is 40.5 Å². The largest absolute Gasteiger partial charge is 0.444 e. The number of hydrogen-bond acceptors (Lipinski definition) is 7. The zero-order valence-corrected chi connectivity index (χ0v) is 25.4. The van der Waals surface area contributed by atoms with Crippen LogP contribution in [0.3, 0.4) is 0 Å². The molecule has 5 heterocycles. The molecule has 1 aliphatic rings. The van der Waals surface area contributed by atoms with Crippen molar-refractivity contribution >= 4 is 80.1 Å². The van der Waals surface area contributed by atoms with Crippen LogP contribution in [-0.2, 0) is 4.74 Å². The Morgan fingerprint density at radius 1 is 1.00 bits per heavy atom. The number of hydrogen-bond donors (Lipinski definition) is 1. The SMILES string of the molecule is CC1(NC(=O)OC(C)(C)C)CCN(c2ncc(I)c3nccn23)CC1.Clc1ncc(I)c2nccn12. The second kappa shape index (κ2) is 10.8. The van der Waals surface area contributed by atoms with Gasteiger partial charge in [0.1, 0.15) is 5.60 Å². The molecule has 1 amide bonds. The lowest BCUT2D eigenvalue weighted by Gasteiger charge is -2.40. The van der Waals surface area contributed by atoms with Gasteiger partial charge in [0.25, 0.3) is 0 Å². The van der Waals surface area contributed by atoms with Crippen molar-refractivity contribution in [3.8, 4) is 0 Å². The fourth-order valence-corrected chi connectivity index (χ4v) is 5.11. The number of imidazole rings is 2. The lowest BCUT2D eigenvalue weighted by molar-refractivity contribution is 0.0448. The first-order valence-corrected chi connectivity index (χ1v) is 13.9. The summed E-state index contributed by atoms with van der Waals surface area (Å²) in [5.74, 6) is 0.896. The van der Waals surface area contributed by atoms with Gasteiger partial charge >= 0.3 is 6.09 Å². The zero-order chi connectivity index (χ0) is 26.1. The monoisotopic (exact) mass is 736 g/mol. The number of carbonyl (C=O) groups excluding carboxylic acids is 1. The number of nitrogens with one attached hydrogen (secondary N) is 1. The Morgan fingerprint density at radius 2 is 1.56 bits per heavy atom. The smallest absolute Gasteiger partial charge is 0.408 e. The summed E-state index contributed by atoms with van der Waals surface area (Å²) < 4.78 is 11.2. The summed E-state index contributed by atoms with van der Waals surface area (Å²) in [5.41, 5.74) is 1.02. The fourth-order valence-electron chi connectivity index (χ4n) is 3.84. The number of ether oxygens (including phenoxy) is 1. The number of carbonyl (C=O) groups is 1. The molecule has 0 saturated carbocycles. The normalized spacial score (nSPS) is 15.5. The molecule has 0 spiro atoms. The maximum absolute atomic E-state index is 12.1. The Labute approximate surface area is 241 Å². The standard InChI is InChI=1S/C17H24IN5O2.C6H3ClIN3/c1-16(2,3)25-15(24)21-17(4)5-8-22(9-6-17)14-20-11-12(18)13-19-7-10-23(13)14;7-6-10-3-4(8)5-9-1-2-11(5)6/h7,10-11H,5-6,8-9H2,1-4H3,(H,21,24);1-3H. The molecule has 0 bridgehead atoms. The Balaban J connectivity index is 0.000000229. The Kier molecular flexibility index (Phi) is 8.14. The highest BCUT2D eigenvalue weighted by atomic mass is 127. The van der Waals surface area contributed by atoms with Crippen LogP contribution in [0.5, 0.6) is 0 Å². The topological polar surface area (TPSA) is 102 Å². The second-order valence-corrected chi connectivity index (χ2v) is 12.4. The van der Waals surface area contributed by atoms with Gasteiger partial charge in [0, 0.05) is 55.8 Å². The van der Waals surface area contributed by atoms with E-state index in [1.54, 1.807) is 29.2 Å². The number of piperidine rings is 1. The van der Waals surface area contributed by atoms with E-state index in [1.165, 1.54) is 0 Å². The molecular formula is C23H27ClI2N8O2. The van der Waals surface area contributed by atoms with Gasteiger partial charge in [-0.25, -0.2) is 24.7 Å². The van der Waals surface area contributed by atoms with Crippen molar-refractivity contribution in [1.29, 1.82) is 0 Å². The van der Waals surface area contributed by atoms with E-state index < -0.39 is 5.60 Å². The van der Waals surface area contributed by atoms with Crippen molar-refractivity contribution in [2.45, 2.75) is 51.7 Å². The molecule has 0 aliphatic carbocycles. The van der Waals surface area contributed by atoms with Gasteiger partial charge < -0.3 is 15.0 Å². The maximum Gasteiger partial charge on any atom is 0.408 e. The Hall–Kier alpha value is -1.94. The number of fused-ring (bicyclic) bond motifs is 2. The quantitative estimate of drug-likeness (QED) is 0.223. The number of rotatable bonds is 2. The minimum atomic E-state index is -0.487. The minimum absolute atomic E-state index is 0.268. The highest BCUT2D eigenvalue weighted by Crippen LogP contribution is 2.27. The molecule has 1 fully saturated rings. The number of aromatic nitrogens is 6. The molecule has 0 aromatic carbocycles. The van der Waals surface area contributed by atoms with E-state index in [1.807, 2.05) is 37.6 Å². The van der Waals surface area contributed by atoms with Gasteiger partial charge in [0.05, 0.1) is 7.14 Å². The van der Waals surface area contributed by atoms with Crippen molar-refractivity contribution in [3.05, 3.63) is 49.6 Å². The third-order valence-electron chi connectivity index (χ3n) is 5.65. The van der Waals surface area contributed by atoms with E-state index in [-0.39, 0.29) is 11.6 Å². The van der Waals surface area contributed by atoms with Gasteiger partial charge in [-0.3, -0.25) is 8.80 Å². The summed E-state index contributed by atoms with van der Waals surface area (Å²) in [6, 6.07) is 0. The second-order valence-electron chi connectivity index (χ2n) is 9.70. The molecule has 4 aromatic heterocycles. The lowest BCUT2D eigenvalue weighted by atomic mass is 9.90. The van der Waals surface area contributed by atoms with Crippen LogP contribution in [0.4, 0.5) is 10.7 Å². The lowest BCUT2D eigenvalue weighted by Crippen LogP contribution is -2.54. The van der Waals surface area contributed by atoms with Gasteiger partial charge in [-0.05, 0) is 97.3 Å². The number of nitrogens with zero attached hydrogens (tertiary/aromatic N) is 7. The highest BCUT2D eigenvalue weighted by Gasteiger charge is 2.34. The van der Waals surface area contributed by atoms with Gasteiger partial charge in [-0.15, -0.1) is 0 Å². The van der Waals surface area contributed by atoms with E-state index in [4.69, 9.17) is 16.3 Å². The van der Waals surface area contributed by atoms with Gasteiger partial charge in [0.15, 0.2) is 11.3 Å². The third-order valence-corrected chi connectivity index (χ3v) is 7.45. The number of halogens is 3. The van der Waals surface area contributed by atoms with Crippen LogP contribution in [0, 0.1) is 7.14 Å². The number of anilines is 1. The van der Waals surface area contributed by atoms with Gasteiger partial charge in [-0.2, -0.15) is 0 Å². The summed E-state index contributed by atoms with van der Waals surface area (Å²) in [6.07, 6.45) is 12.1. The average molecular weight is 737 g/mol. The molecule has 0 radical (unpaired) electrons.